The molecule has 1 N–H and O–H groups in total. The van der Waals surface area contributed by atoms with Crippen LogP contribution < -0.4 is 5.32 Å². The van der Waals surface area contributed by atoms with Crippen LogP contribution in [-0.4, -0.2) is 25.3 Å². The van der Waals surface area contributed by atoms with Gasteiger partial charge >= 0.3 is 0 Å². The highest BCUT2D eigenvalue weighted by Crippen LogP contribution is 2.44. The topological polar surface area (TPSA) is 21.3 Å². The van der Waals surface area contributed by atoms with Gasteiger partial charge in [-0.1, -0.05) is 13.8 Å². The Balaban J connectivity index is 2.24. The largest absolute Gasteiger partial charge is 0.380 e. The number of hydrogen-bond donors (Lipinski definition) is 1. The number of rotatable bonds is 4. The van der Waals surface area contributed by atoms with Gasteiger partial charge < -0.3 is 10.1 Å². The van der Waals surface area contributed by atoms with Crippen molar-refractivity contribution in [2.24, 2.45) is 5.41 Å². The summed E-state index contributed by atoms with van der Waals surface area (Å²) in [5.74, 6) is 0. The molecule has 2 nitrogen and oxygen atoms in total. The fraction of sp³-hybridized carbons (Fsp3) is 1.00. The van der Waals surface area contributed by atoms with Gasteiger partial charge in [0.1, 0.15) is 0 Å². The van der Waals surface area contributed by atoms with E-state index in [-0.39, 0.29) is 0 Å². The molecule has 1 saturated carbocycles. The van der Waals surface area contributed by atoms with Gasteiger partial charge in [-0.2, -0.15) is 0 Å². The lowest BCUT2D eigenvalue weighted by atomic mass is 10.1. The van der Waals surface area contributed by atoms with Crippen molar-refractivity contribution in [2.45, 2.75) is 52.3 Å². The predicted octanol–water partition coefficient (Wildman–Crippen LogP) is 1.80. The molecule has 0 heterocycles. The molecule has 0 radical (unpaired) electrons. The van der Waals surface area contributed by atoms with Crippen molar-refractivity contribution in [3.8, 4) is 0 Å². The molecule has 0 aromatic rings. The van der Waals surface area contributed by atoms with E-state index in [9.17, 15) is 0 Å². The van der Waals surface area contributed by atoms with Crippen LogP contribution in [0.2, 0.25) is 0 Å². The lowest BCUT2D eigenvalue weighted by Gasteiger charge is -2.20. The number of ether oxygens (including phenoxy) is 1. The molecule has 3 atom stereocenters. The maximum absolute atomic E-state index is 5.25. The first kappa shape index (κ1) is 10.0. The Morgan fingerprint density at radius 1 is 1.42 bits per heavy atom. The molecule has 0 aliphatic heterocycles. The summed E-state index contributed by atoms with van der Waals surface area (Å²) < 4.78 is 5.25. The van der Waals surface area contributed by atoms with Crippen molar-refractivity contribution in [3.05, 3.63) is 0 Å². The van der Waals surface area contributed by atoms with Gasteiger partial charge in [0.25, 0.3) is 0 Å². The van der Waals surface area contributed by atoms with E-state index >= 15 is 0 Å². The molecular formula is C10H21NO. The van der Waals surface area contributed by atoms with Gasteiger partial charge in [-0.05, 0) is 25.7 Å². The maximum atomic E-state index is 5.25. The number of nitrogens with one attached hydrogen (secondary N) is 1. The molecule has 0 amide bonds. The van der Waals surface area contributed by atoms with Gasteiger partial charge in [0.15, 0.2) is 0 Å². The maximum Gasteiger partial charge on any atom is 0.0693 e. The Morgan fingerprint density at radius 2 is 1.92 bits per heavy atom. The van der Waals surface area contributed by atoms with Crippen LogP contribution in [0, 0.1) is 5.41 Å². The van der Waals surface area contributed by atoms with Gasteiger partial charge in [0.2, 0.25) is 0 Å². The molecule has 0 bridgehead atoms. The van der Waals surface area contributed by atoms with Crippen LogP contribution in [-0.2, 0) is 4.74 Å². The number of methoxy groups -OCH3 is 1. The van der Waals surface area contributed by atoms with Crippen molar-refractivity contribution in [1.29, 1.82) is 0 Å². The van der Waals surface area contributed by atoms with Crippen LogP contribution in [0.1, 0.15) is 34.1 Å². The molecule has 0 saturated heterocycles. The second-order valence-electron chi connectivity index (χ2n) is 4.64. The molecule has 0 aromatic carbocycles. The van der Waals surface area contributed by atoms with E-state index in [1.54, 1.807) is 7.11 Å². The standard InChI is InChI=1S/C10H21NO/c1-7(8(2)12-5)11-9-6-10(9,3)4/h7-9,11H,6H2,1-5H3. The minimum absolute atomic E-state index is 0.307. The van der Waals surface area contributed by atoms with Crippen molar-refractivity contribution in [3.63, 3.8) is 0 Å². The summed E-state index contributed by atoms with van der Waals surface area (Å²) in [6.07, 6.45) is 1.61. The Morgan fingerprint density at radius 3 is 2.25 bits per heavy atom. The van der Waals surface area contributed by atoms with Gasteiger partial charge in [0, 0.05) is 19.2 Å². The van der Waals surface area contributed by atoms with E-state index in [0.29, 0.717) is 23.6 Å². The van der Waals surface area contributed by atoms with Gasteiger partial charge in [-0.15, -0.1) is 0 Å². The molecule has 1 aliphatic carbocycles. The third-order valence-corrected chi connectivity index (χ3v) is 3.05. The lowest BCUT2D eigenvalue weighted by molar-refractivity contribution is 0.0870. The highest BCUT2D eigenvalue weighted by Gasteiger charge is 2.46. The molecule has 72 valence electrons. The first-order chi connectivity index (χ1) is 5.47. The third-order valence-electron chi connectivity index (χ3n) is 3.05. The molecule has 12 heavy (non-hydrogen) atoms. The van der Waals surface area contributed by atoms with Crippen LogP contribution >= 0.6 is 0 Å². The molecular weight excluding hydrogens is 150 g/mol. The predicted molar refractivity (Wildman–Crippen MR) is 51.3 cm³/mol. The third kappa shape index (κ3) is 2.20. The van der Waals surface area contributed by atoms with Crippen molar-refractivity contribution >= 4 is 0 Å². The monoisotopic (exact) mass is 171 g/mol. The first-order valence-electron chi connectivity index (χ1n) is 4.76. The summed E-state index contributed by atoms with van der Waals surface area (Å²) in [6.45, 7) is 8.89. The van der Waals surface area contributed by atoms with E-state index in [0.717, 1.165) is 0 Å². The first-order valence-corrected chi connectivity index (χ1v) is 4.76. The summed E-state index contributed by atoms with van der Waals surface area (Å²) >= 11 is 0. The van der Waals surface area contributed by atoms with Crippen LogP contribution in [0.3, 0.4) is 0 Å². The second kappa shape index (κ2) is 3.35. The fourth-order valence-corrected chi connectivity index (χ4v) is 1.41. The average molecular weight is 171 g/mol. The summed E-state index contributed by atoms with van der Waals surface area (Å²) in [7, 11) is 1.76. The van der Waals surface area contributed by atoms with Crippen LogP contribution in [0.25, 0.3) is 0 Å². The summed E-state index contributed by atoms with van der Waals surface area (Å²) in [5.41, 5.74) is 0.516. The van der Waals surface area contributed by atoms with Gasteiger partial charge in [-0.25, -0.2) is 0 Å². The zero-order chi connectivity index (χ0) is 9.35. The van der Waals surface area contributed by atoms with E-state index in [4.69, 9.17) is 4.74 Å². The van der Waals surface area contributed by atoms with E-state index in [1.165, 1.54) is 6.42 Å². The van der Waals surface area contributed by atoms with Crippen molar-refractivity contribution < 1.29 is 4.74 Å². The average Bonchev–Trinajstić information content (AvgIpc) is 2.57. The molecule has 0 spiro atoms. The summed E-state index contributed by atoms with van der Waals surface area (Å²) in [6, 6.07) is 1.16. The Kier molecular flexibility index (Phi) is 2.79. The van der Waals surface area contributed by atoms with Crippen LogP contribution in [0.4, 0.5) is 0 Å². The van der Waals surface area contributed by atoms with Crippen LogP contribution in [0.5, 0.6) is 0 Å². The zero-order valence-corrected chi connectivity index (χ0v) is 8.85. The quantitative estimate of drug-likeness (QED) is 0.696. The Hall–Kier alpha value is -0.0800. The fourth-order valence-electron chi connectivity index (χ4n) is 1.41. The highest BCUT2D eigenvalue weighted by atomic mass is 16.5. The van der Waals surface area contributed by atoms with Gasteiger partial charge in [-0.3, -0.25) is 0 Å². The van der Waals surface area contributed by atoms with E-state index in [2.05, 4.69) is 33.0 Å². The Labute approximate surface area is 75.7 Å². The SMILES string of the molecule is COC(C)C(C)NC1CC1(C)C. The Bertz CT molecular complexity index is 156. The molecule has 0 aromatic heterocycles. The van der Waals surface area contributed by atoms with Crippen molar-refractivity contribution in [1.82, 2.24) is 5.32 Å². The van der Waals surface area contributed by atoms with Gasteiger partial charge in [0.05, 0.1) is 6.10 Å². The highest BCUT2D eigenvalue weighted by molar-refractivity contribution is 5.02. The molecule has 1 aliphatic rings. The smallest absolute Gasteiger partial charge is 0.0693 e. The lowest BCUT2D eigenvalue weighted by Crippen LogP contribution is -2.39. The summed E-state index contributed by atoms with van der Waals surface area (Å²) in [4.78, 5) is 0. The molecule has 2 heteroatoms. The summed E-state index contributed by atoms with van der Waals surface area (Å²) in [5, 5.41) is 3.57. The normalized spacial score (nSPS) is 31.2. The number of hydrogen-bond acceptors (Lipinski definition) is 2. The van der Waals surface area contributed by atoms with E-state index < -0.39 is 0 Å². The van der Waals surface area contributed by atoms with Crippen LogP contribution in [0.15, 0.2) is 0 Å². The minimum Gasteiger partial charge on any atom is -0.380 e. The zero-order valence-electron chi connectivity index (χ0n) is 8.85. The van der Waals surface area contributed by atoms with E-state index in [1.807, 2.05) is 0 Å². The minimum atomic E-state index is 0.307. The second-order valence-corrected chi connectivity index (χ2v) is 4.64. The van der Waals surface area contributed by atoms with Crippen molar-refractivity contribution in [2.75, 3.05) is 7.11 Å². The molecule has 1 fully saturated rings. The molecule has 1 rings (SSSR count). The molecule has 3 unspecified atom stereocenters.